The molecule has 1 N–H and O–H groups in total. The molecule has 0 radical (unpaired) electrons. The van der Waals surface area contributed by atoms with Crippen LogP contribution in [-0.4, -0.2) is 27.5 Å². The monoisotopic (exact) mass is 343 g/mol. The van der Waals surface area contributed by atoms with Gasteiger partial charge in [-0.1, -0.05) is 12.1 Å². The van der Waals surface area contributed by atoms with E-state index in [0.717, 1.165) is 16.5 Å². The van der Waals surface area contributed by atoms with Crippen molar-refractivity contribution in [3.05, 3.63) is 54.4 Å². The number of fused-ring (bicyclic) bond motifs is 1. The summed E-state index contributed by atoms with van der Waals surface area (Å²) in [6.45, 7) is 0.265. The lowest BCUT2D eigenvalue weighted by Crippen LogP contribution is -2.01. The fraction of sp³-hybridized carbons (Fsp3) is 0.176. The van der Waals surface area contributed by atoms with Crippen molar-refractivity contribution in [1.82, 2.24) is 9.97 Å². The van der Waals surface area contributed by atoms with E-state index in [9.17, 15) is 4.21 Å². The van der Waals surface area contributed by atoms with Crippen LogP contribution in [0.2, 0.25) is 0 Å². The first-order chi connectivity index (χ1) is 11.5. The van der Waals surface area contributed by atoms with Gasteiger partial charge in [-0.15, -0.1) is 0 Å². The first-order valence-corrected chi connectivity index (χ1v) is 9.18. The van der Waals surface area contributed by atoms with E-state index in [1.54, 1.807) is 25.3 Å². The predicted molar refractivity (Wildman–Crippen MR) is 91.9 cm³/mol. The molecule has 124 valence electrons. The van der Waals surface area contributed by atoms with Crippen LogP contribution < -0.4 is 9.47 Å². The maximum atomic E-state index is 11.8. The number of hydrogen-bond donors (Lipinski definition) is 1. The summed E-state index contributed by atoms with van der Waals surface area (Å²) in [5.41, 5.74) is 1.56. The molecule has 0 spiro atoms. The lowest BCUT2D eigenvalue weighted by Gasteiger charge is -2.10. The van der Waals surface area contributed by atoms with E-state index in [4.69, 9.17) is 14.3 Å². The van der Waals surface area contributed by atoms with Crippen molar-refractivity contribution in [3.63, 3.8) is 0 Å². The fourth-order valence-corrected chi connectivity index (χ4v) is 3.00. The molecular weight excluding hydrogens is 326 g/mol. The number of hydrogen-bond acceptors (Lipinski definition) is 6. The van der Waals surface area contributed by atoms with Gasteiger partial charge in [0.15, 0.2) is 0 Å². The molecule has 3 rings (SSSR count). The molecule has 1 heterocycles. The second kappa shape index (κ2) is 6.45. The summed E-state index contributed by atoms with van der Waals surface area (Å²) in [5, 5.41) is 0.786. The molecular formula is C17H17N3O3S. The van der Waals surface area contributed by atoms with Crippen molar-refractivity contribution >= 4 is 20.6 Å². The van der Waals surface area contributed by atoms with Crippen molar-refractivity contribution in [2.24, 2.45) is 0 Å². The van der Waals surface area contributed by atoms with Crippen LogP contribution in [0.5, 0.6) is 11.6 Å². The van der Waals surface area contributed by atoms with E-state index >= 15 is 0 Å². The number of nitrogens with zero attached hydrogens (tertiary/aromatic N) is 2. The van der Waals surface area contributed by atoms with Crippen molar-refractivity contribution in [2.75, 3.05) is 13.4 Å². The Morgan fingerprint density at radius 3 is 2.75 bits per heavy atom. The Hall–Kier alpha value is -2.67. The lowest BCUT2D eigenvalue weighted by molar-refractivity contribution is 0.297. The largest absolute Gasteiger partial charge is 0.497 e. The summed E-state index contributed by atoms with van der Waals surface area (Å²) >= 11 is 0. The van der Waals surface area contributed by atoms with Crippen molar-refractivity contribution in [2.45, 2.75) is 11.5 Å². The smallest absolute Gasteiger partial charge is 0.224 e. The highest BCUT2D eigenvalue weighted by Crippen LogP contribution is 2.25. The van der Waals surface area contributed by atoms with Crippen LogP contribution in [-0.2, 0) is 16.3 Å². The molecule has 0 saturated heterocycles. The minimum absolute atomic E-state index is 0.265. The van der Waals surface area contributed by atoms with E-state index in [0.29, 0.717) is 16.5 Å². The molecule has 0 bridgehead atoms. The van der Waals surface area contributed by atoms with Gasteiger partial charge in [-0.2, -0.15) is 0 Å². The Morgan fingerprint density at radius 2 is 2.00 bits per heavy atom. The van der Waals surface area contributed by atoms with Gasteiger partial charge in [-0.25, -0.2) is 19.0 Å². The van der Waals surface area contributed by atoms with Crippen LogP contribution in [0.4, 0.5) is 0 Å². The Morgan fingerprint density at radius 1 is 1.17 bits per heavy atom. The zero-order valence-electron chi connectivity index (χ0n) is 13.4. The topological polar surface area (TPSA) is 85.2 Å². The van der Waals surface area contributed by atoms with Gasteiger partial charge in [0.2, 0.25) is 5.88 Å². The molecule has 6 nitrogen and oxygen atoms in total. The maximum absolute atomic E-state index is 11.8. The summed E-state index contributed by atoms with van der Waals surface area (Å²) in [6.07, 6.45) is 2.84. The average molecular weight is 343 g/mol. The molecule has 1 unspecified atom stereocenters. The van der Waals surface area contributed by atoms with Crippen molar-refractivity contribution in [1.29, 1.82) is 4.78 Å². The third-order valence-corrected chi connectivity index (χ3v) is 4.68. The summed E-state index contributed by atoms with van der Waals surface area (Å²) in [4.78, 5) is 8.89. The van der Waals surface area contributed by atoms with E-state index in [2.05, 4.69) is 9.97 Å². The Balaban J connectivity index is 1.86. The molecule has 0 amide bonds. The van der Waals surface area contributed by atoms with Gasteiger partial charge in [0.25, 0.3) is 0 Å². The predicted octanol–water partition coefficient (Wildman–Crippen LogP) is 3.25. The highest BCUT2D eigenvalue weighted by molar-refractivity contribution is 7.91. The minimum atomic E-state index is -2.75. The van der Waals surface area contributed by atoms with Crippen LogP contribution >= 0.6 is 0 Å². The number of ether oxygens (including phenoxy) is 2. The summed E-state index contributed by atoms with van der Waals surface area (Å²) in [7, 11) is -1.14. The molecule has 1 aromatic heterocycles. The molecule has 7 heteroatoms. The Kier molecular flexibility index (Phi) is 4.35. The van der Waals surface area contributed by atoms with E-state index in [1.807, 2.05) is 24.3 Å². The second-order valence-corrected chi connectivity index (χ2v) is 7.50. The lowest BCUT2D eigenvalue weighted by atomic mass is 10.2. The van der Waals surface area contributed by atoms with Crippen molar-refractivity contribution < 1.29 is 13.7 Å². The zero-order chi connectivity index (χ0) is 17.2. The standard InChI is InChI=1S/C17H17N3O3S/c1-22-13-6-7-15-16(9-13)19-11-20-17(15)23-10-12-4-3-5-14(8-12)24(2,18)21/h3-9,11,18H,10H2,1-2H3. The van der Waals surface area contributed by atoms with Gasteiger partial charge < -0.3 is 9.47 Å². The van der Waals surface area contributed by atoms with Crippen LogP contribution in [0.15, 0.2) is 53.7 Å². The zero-order valence-corrected chi connectivity index (χ0v) is 14.2. The molecule has 0 fully saturated rings. The Labute approximate surface area is 140 Å². The summed E-state index contributed by atoms with van der Waals surface area (Å²) < 4.78 is 30.5. The normalized spacial score (nSPS) is 13.4. The highest BCUT2D eigenvalue weighted by atomic mass is 32.2. The highest BCUT2D eigenvalue weighted by Gasteiger charge is 2.08. The maximum Gasteiger partial charge on any atom is 0.224 e. The number of aromatic nitrogens is 2. The summed E-state index contributed by atoms with van der Waals surface area (Å²) in [5.74, 6) is 1.18. The van der Waals surface area contributed by atoms with E-state index < -0.39 is 9.73 Å². The first kappa shape index (κ1) is 16.2. The van der Waals surface area contributed by atoms with Crippen LogP contribution in [0.3, 0.4) is 0 Å². The third-order valence-electron chi connectivity index (χ3n) is 3.53. The van der Waals surface area contributed by atoms with Gasteiger partial charge in [0.1, 0.15) is 18.7 Å². The number of benzene rings is 2. The Bertz CT molecular complexity index is 987. The fourth-order valence-electron chi connectivity index (χ4n) is 2.28. The average Bonchev–Trinajstić information content (AvgIpc) is 2.59. The molecule has 1 atom stereocenters. The summed E-state index contributed by atoms with van der Waals surface area (Å²) in [6, 6.07) is 12.5. The van der Waals surface area contributed by atoms with E-state index in [-0.39, 0.29) is 6.61 Å². The molecule has 24 heavy (non-hydrogen) atoms. The van der Waals surface area contributed by atoms with Gasteiger partial charge in [0.05, 0.1) is 27.7 Å². The van der Waals surface area contributed by atoms with Gasteiger partial charge in [-0.05, 0) is 29.8 Å². The first-order valence-electron chi connectivity index (χ1n) is 7.21. The van der Waals surface area contributed by atoms with Gasteiger partial charge >= 0.3 is 0 Å². The number of methoxy groups -OCH3 is 1. The quantitative estimate of drug-likeness (QED) is 0.768. The second-order valence-electron chi connectivity index (χ2n) is 5.34. The van der Waals surface area contributed by atoms with Gasteiger partial charge in [0, 0.05) is 17.2 Å². The van der Waals surface area contributed by atoms with Crippen LogP contribution in [0, 0.1) is 4.78 Å². The molecule has 0 saturated carbocycles. The van der Waals surface area contributed by atoms with Gasteiger partial charge in [-0.3, -0.25) is 0 Å². The van der Waals surface area contributed by atoms with E-state index in [1.165, 1.54) is 12.6 Å². The van der Waals surface area contributed by atoms with Crippen LogP contribution in [0.1, 0.15) is 5.56 Å². The van der Waals surface area contributed by atoms with Crippen LogP contribution in [0.25, 0.3) is 10.9 Å². The minimum Gasteiger partial charge on any atom is -0.497 e. The molecule has 2 aromatic carbocycles. The number of rotatable bonds is 5. The molecule has 0 aliphatic carbocycles. The molecule has 0 aliphatic heterocycles. The number of nitrogens with one attached hydrogen (secondary N) is 1. The molecule has 0 aliphatic rings. The third kappa shape index (κ3) is 3.46. The molecule has 3 aromatic rings. The van der Waals surface area contributed by atoms with Crippen molar-refractivity contribution in [3.8, 4) is 11.6 Å². The SMILES string of the molecule is COc1ccc2c(OCc3cccc(S(C)(=N)=O)c3)ncnc2c1.